The van der Waals surface area contributed by atoms with Gasteiger partial charge in [0, 0.05) is 12.6 Å². The summed E-state index contributed by atoms with van der Waals surface area (Å²) in [5.41, 5.74) is -0.424. The van der Waals surface area contributed by atoms with Crippen LogP contribution in [0.5, 0.6) is 0 Å². The average Bonchev–Trinajstić information content (AvgIpc) is 2.31. The average molecular weight is 241 g/mol. The van der Waals surface area contributed by atoms with Gasteiger partial charge in [-0.3, -0.25) is 0 Å². The Hall–Kier alpha value is -0.0800. The lowest BCUT2D eigenvalue weighted by molar-refractivity contribution is -0.00857. The quantitative estimate of drug-likeness (QED) is 0.715. The maximum Gasteiger partial charge on any atom is 0.0771 e. The van der Waals surface area contributed by atoms with Gasteiger partial charge in [0.1, 0.15) is 0 Å². The second kappa shape index (κ2) is 7.38. The van der Waals surface area contributed by atoms with Crippen LogP contribution in [-0.4, -0.2) is 23.3 Å². The Labute approximate surface area is 107 Å². The summed E-state index contributed by atoms with van der Waals surface area (Å²) >= 11 is 0. The molecular formula is C15H31NO. The van der Waals surface area contributed by atoms with E-state index in [9.17, 15) is 5.11 Å². The maximum atomic E-state index is 10.5. The highest BCUT2D eigenvalue weighted by atomic mass is 16.3. The van der Waals surface area contributed by atoms with Gasteiger partial charge in [0.15, 0.2) is 0 Å². The van der Waals surface area contributed by atoms with Gasteiger partial charge in [0.05, 0.1) is 5.60 Å². The number of rotatable bonds is 7. The Kier molecular flexibility index (Phi) is 6.50. The van der Waals surface area contributed by atoms with Crippen LogP contribution in [0, 0.1) is 5.92 Å². The van der Waals surface area contributed by atoms with Crippen molar-refractivity contribution in [3.8, 4) is 0 Å². The second-order valence-electron chi connectivity index (χ2n) is 6.06. The smallest absolute Gasteiger partial charge is 0.0771 e. The van der Waals surface area contributed by atoms with E-state index in [4.69, 9.17) is 0 Å². The van der Waals surface area contributed by atoms with Crippen LogP contribution in [0.1, 0.15) is 72.1 Å². The lowest BCUT2D eigenvalue weighted by atomic mass is 9.79. The highest BCUT2D eigenvalue weighted by Gasteiger charge is 2.31. The van der Waals surface area contributed by atoms with Crippen molar-refractivity contribution in [3.05, 3.63) is 0 Å². The van der Waals surface area contributed by atoms with Gasteiger partial charge in [-0.15, -0.1) is 0 Å². The highest BCUT2D eigenvalue weighted by molar-refractivity contribution is 4.87. The van der Waals surface area contributed by atoms with Crippen molar-refractivity contribution in [1.29, 1.82) is 0 Å². The predicted octanol–water partition coefficient (Wildman–Crippen LogP) is 3.49. The van der Waals surface area contributed by atoms with Gasteiger partial charge in [-0.1, -0.05) is 33.6 Å². The maximum absolute atomic E-state index is 10.5. The van der Waals surface area contributed by atoms with Gasteiger partial charge in [-0.2, -0.15) is 0 Å². The Morgan fingerprint density at radius 2 is 1.71 bits per heavy atom. The van der Waals surface area contributed by atoms with E-state index in [2.05, 4.69) is 26.1 Å². The summed E-state index contributed by atoms with van der Waals surface area (Å²) in [7, 11) is 0. The summed E-state index contributed by atoms with van der Waals surface area (Å²) < 4.78 is 0. The standard InChI is InChI=1S/C15H31NO/c1-4-6-14(7-5-2)16-12-15(17)10-8-13(3)9-11-15/h13-14,16-17H,4-12H2,1-3H3. The molecule has 102 valence electrons. The number of nitrogens with one attached hydrogen (secondary N) is 1. The molecule has 0 spiro atoms. The first-order valence-electron chi connectivity index (χ1n) is 7.55. The fourth-order valence-corrected chi connectivity index (χ4v) is 2.86. The van der Waals surface area contributed by atoms with Crippen molar-refractivity contribution >= 4 is 0 Å². The Morgan fingerprint density at radius 3 is 2.18 bits per heavy atom. The lowest BCUT2D eigenvalue weighted by Gasteiger charge is -2.36. The van der Waals surface area contributed by atoms with Crippen molar-refractivity contribution in [2.24, 2.45) is 5.92 Å². The van der Waals surface area contributed by atoms with Crippen molar-refractivity contribution in [2.75, 3.05) is 6.54 Å². The van der Waals surface area contributed by atoms with Crippen LogP contribution in [0.2, 0.25) is 0 Å². The van der Waals surface area contributed by atoms with Crippen LogP contribution in [0.15, 0.2) is 0 Å². The van der Waals surface area contributed by atoms with Gasteiger partial charge in [0.2, 0.25) is 0 Å². The summed E-state index contributed by atoms with van der Waals surface area (Å²) in [6, 6.07) is 0.605. The molecule has 2 nitrogen and oxygen atoms in total. The van der Waals surface area contributed by atoms with Crippen LogP contribution < -0.4 is 5.32 Å². The molecule has 0 bridgehead atoms. The number of hydrogen-bond donors (Lipinski definition) is 2. The van der Waals surface area contributed by atoms with Crippen LogP contribution in [0.25, 0.3) is 0 Å². The van der Waals surface area contributed by atoms with Crippen LogP contribution in [-0.2, 0) is 0 Å². The van der Waals surface area contributed by atoms with E-state index < -0.39 is 5.60 Å². The molecule has 1 aliphatic rings. The minimum absolute atomic E-state index is 0.424. The first-order chi connectivity index (χ1) is 8.09. The minimum atomic E-state index is -0.424. The van der Waals surface area contributed by atoms with E-state index in [1.165, 1.54) is 38.5 Å². The van der Waals surface area contributed by atoms with Gasteiger partial charge in [-0.25, -0.2) is 0 Å². The van der Waals surface area contributed by atoms with Crippen molar-refractivity contribution < 1.29 is 5.11 Å². The third kappa shape index (κ3) is 5.39. The molecule has 0 radical (unpaired) electrons. The molecule has 2 heteroatoms. The largest absolute Gasteiger partial charge is 0.389 e. The zero-order chi connectivity index (χ0) is 12.7. The van der Waals surface area contributed by atoms with Gasteiger partial charge < -0.3 is 10.4 Å². The van der Waals surface area contributed by atoms with Crippen LogP contribution >= 0.6 is 0 Å². The number of hydrogen-bond acceptors (Lipinski definition) is 2. The third-order valence-electron chi connectivity index (χ3n) is 4.20. The van der Waals surface area contributed by atoms with Gasteiger partial charge >= 0.3 is 0 Å². The van der Waals surface area contributed by atoms with Crippen molar-refractivity contribution in [3.63, 3.8) is 0 Å². The minimum Gasteiger partial charge on any atom is -0.389 e. The fourth-order valence-electron chi connectivity index (χ4n) is 2.86. The summed E-state index contributed by atoms with van der Waals surface area (Å²) in [6.07, 6.45) is 9.26. The molecule has 17 heavy (non-hydrogen) atoms. The fraction of sp³-hybridized carbons (Fsp3) is 1.00. The summed E-state index contributed by atoms with van der Waals surface area (Å²) in [6.45, 7) is 7.57. The lowest BCUT2D eigenvalue weighted by Crippen LogP contribution is -2.46. The number of aliphatic hydroxyl groups is 1. The molecule has 0 atom stereocenters. The molecule has 1 fully saturated rings. The third-order valence-corrected chi connectivity index (χ3v) is 4.20. The van der Waals surface area contributed by atoms with Gasteiger partial charge in [0.25, 0.3) is 0 Å². The van der Waals surface area contributed by atoms with Crippen molar-refractivity contribution in [1.82, 2.24) is 5.32 Å². The molecule has 0 aliphatic heterocycles. The molecule has 0 aromatic rings. The van der Waals surface area contributed by atoms with E-state index in [1.54, 1.807) is 0 Å². The molecule has 0 aromatic carbocycles. The van der Waals surface area contributed by atoms with E-state index in [0.717, 1.165) is 25.3 Å². The van der Waals surface area contributed by atoms with Gasteiger partial charge in [-0.05, 0) is 44.4 Å². The molecule has 0 saturated heterocycles. The zero-order valence-electron chi connectivity index (χ0n) is 12.0. The Balaban J connectivity index is 2.31. The molecule has 1 aliphatic carbocycles. The molecule has 2 N–H and O–H groups in total. The van der Waals surface area contributed by atoms with Crippen LogP contribution in [0.3, 0.4) is 0 Å². The first kappa shape index (κ1) is 15.0. The molecule has 0 heterocycles. The normalized spacial score (nSPS) is 29.8. The summed E-state index contributed by atoms with van der Waals surface area (Å²) in [5, 5.41) is 14.1. The van der Waals surface area contributed by atoms with Crippen molar-refractivity contribution in [2.45, 2.75) is 83.8 Å². The van der Waals surface area contributed by atoms with E-state index >= 15 is 0 Å². The zero-order valence-corrected chi connectivity index (χ0v) is 12.0. The predicted molar refractivity (Wildman–Crippen MR) is 74.2 cm³/mol. The second-order valence-corrected chi connectivity index (χ2v) is 6.06. The summed E-state index contributed by atoms with van der Waals surface area (Å²) in [5.74, 6) is 0.803. The van der Waals surface area contributed by atoms with E-state index in [1.807, 2.05) is 0 Å². The monoisotopic (exact) mass is 241 g/mol. The topological polar surface area (TPSA) is 32.3 Å². The Bertz CT molecular complexity index is 191. The molecule has 0 aromatic heterocycles. The highest BCUT2D eigenvalue weighted by Crippen LogP contribution is 2.31. The molecule has 0 amide bonds. The Morgan fingerprint density at radius 1 is 1.18 bits per heavy atom. The van der Waals surface area contributed by atoms with E-state index in [-0.39, 0.29) is 0 Å². The molecular weight excluding hydrogens is 210 g/mol. The SMILES string of the molecule is CCCC(CCC)NCC1(O)CCC(C)CC1. The first-order valence-corrected chi connectivity index (χ1v) is 7.55. The van der Waals surface area contributed by atoms with Crippen LogP contribution in [0.4, 0.5) is 0 Å². The molecule has 1 rings (SSSR count). The molecule has 0 unspecified atom stereocenters. The molecule has 1 saturated carbocycles. The van der Waals surface area contributed by atoms with E-state index in [0.29, 0.717) is 6.04 Å². The summed E-state index contributed by atoms with van der Waals surface area (Å²) in [4.78, 5) is 0.